The number of nitrogens with two attached hydrogens (primary N) is 1. The lowest BCUT2D eigenvalue weighted by molar-refractivity contribution is 0.406. The van der Waals surface area contributed by atoms with Crippen molar-refractivity contribution in [3.8, 4) is 0 Å². The molecule has 0 unspecified atom stereocenters. The maximum Gasteiger partial charge on any atom is 0.166 e. The average Bonchev–Trinajstić information content (AvgIpc) is 2.99. The highest BCUT2D eigenvalue weighted by Crippen LogP contribution is 2.27. The summed E-state index contributed by atoms with van der Waals surface area (Å²) in [4.78, 5) is 2.12. The van der Waals surface area contributed by atoms with Crippen molar-refractivity contribution in [3.05, 3.63) is 35.9 Å². The molecule has 3 heteroatoms. The Balaban J connectivity index is 2.04. The van der Waals surface area contributed by atoms with Gasteiger partial charge in [0.2, 0.25) is 0 Å². The highest BCUT2D eigenvalue weighted by Gasteiger charge is 2.29. The minimum atomic E-state index is 0.524. The van der Waals surface area contributed by atoms with Gasteiger partial charge in [0, 0.05) is 12.6 Å². The molecule has 0 saturated heterocycles. The van der Waals surface area contributed by atoms with Gasteiger partial charge in [0.05, 0.1) is 0 Å². The number of hydrogen-bond donors (Lipinski definition) is 1. The summed E-state index contributed by atoms with van der Waals surface area (Å²) in [7, 11) is 0. The van der Waals surface area contributed by atoms with Gasteiger partial charge in [0.25, 0.3) is 0 Å². The van der Waals surface area contributed by atoms with Gasteiger partial charge in [-0.2, -0.15) is 0 Å². The zero-order valence-corrected chi connectivity index (χ0v) is 8.83. The van der Waals surface area contributed by atoms with E-state index in [9.17, 15) is 0 Å². The van der Waals surface area contributed by atoms with E-state index in [4.69, 9.17) is 18.0 Å². The second-order valence-electron chi connectivity index (χ2n) is 3.68. The van der Waals surface area contributed by atoms with Crippen molar-refractivity contribution in [1.82, 2.24) is 4.90 Å². The monoisotopic (exact) mass is 206 g/mol. The molecule has 1 aromatic rings. The molecular weight excluding hydrogens is 192 g/mol. The second kappa shape index (κ2) is 3.96. The number of benzene rings is 1. The Morgan fingerprint density at radius 1 is 1.36 bits per heavy atom. The van der Waals surface area contributed by atoms with Crippen molar-refractivity contribution < 1.29 is 0 Å². The van der Waals surface area contributed by atoms with Gasteiger partial charge < -0.3 is 10.6 Å². The topological polar surface area (TPSA) is 29.3 Å². The lowest BCUT2D eigenvalue weighted by Crippen LogP contribution is -2.36. The van der Waals surface area contributed by atoms with Gasteiger partial charge >= 0.3 is 0 Å². The van der Waals surface area contributed by atoms with Crippen molar-refractivity contribution in [3.63, 3.8) is 0 Å². The molecule has 1 aliphatic rings. The largest absolute Gasteiger partial charge is 0.376 e. The lowest BCUT2D eigenvalue weighted by Gasteiger charge is -2.22. The van der Waals surface area contributed by atoms with Crippen LogP contribution >= 0.6 is 12.2 Å². The van der Waals surface area contributed by atoms with E-state index in [1.807, 2.05) is 18.2 Å². The molecule has 0 spiro atoms. The molecule has 2 rings (SSSR count). The van der Waals surface area contributed by atoms with Crippen LogP contribution in [0.15, 0.2) is 30.3 Å². The maximum atomic E-state index is 5.68. The van der Waals surface area contributed by atoms with Crippen LogP contribution < -0.4 is 5.73 Å². The molecule has 0 aliphatic heterocycles. The van der Waals surface area contributed by atoms with Crippen LogP contribution in [-0.2, 0) is 6.54 Å². The fraction of sp³-hybridized carbons (Fsp3) is 0.364. The molecule has 0 aromatic heterocycles. The van der Waals surface area contributed by atoms with E-state index in [-0.39, 0.29) is 0 Å². The zero-order chi connectivity index (χ0) is 9.97. The standard InChI is InChI=1S/C11H14N2S/c12-11(14)13(10-6-7-10)8-9-4-2-1-3-5-9/h1-5,10H,6-8H2,(H2,12,14). The molecule has 0 radical (unpaired) electrons. The molecule has 1 aromatic carbocycles. The number of rotatable bonds is 3. The molecule has 0 amide bonds. The van der Waals surface area contributed by atoms with Gasteiger partial charge in [-0.3, -0.25) is 0 Å². The third kappa shape index (κ3) is 2.23. The molecule has 1 saturated carbocycles. The van der Waals surface area contributed by atoms with E-state index < -0.39 is 0 Å². The second-order valence-corrected chi connectivity index (χ2v) is 4.10. The SMILES string of the molecule is NC(=S)N(Cc1ccccc1)C1CC1. The predicted octanol–water partition coefficient (Wildman–Crippen LogP) is 1.89. The molecular formula is C11H14N2S. The summed E-state index contributed by atoms with van der Waals surface area (Å²) in [5.41, 5.74) is 6.95. The Bertz CT molecular complexity index is 319. The van der Waals surface area contributed by atoms with Crippen LogP contribution in [0.4, 0.5) is 0 Å². The molecule has 0 heterocycles. The van der Waals surface area contributed by atoms with Crippen LogP contribution in [0.5, 0.6) is 0 Å². The Kier molecular flexibility index (Phi) is 2.68. The average molecular weight is 206 g/mol. The molecule has 2 nitrogen and oxygen atoms in total. The first kappa shape index (κ1) is 9.46. The van der Waals surface area contributed by atoms with E-state index in [1.165, 1.54) is 18.4 Å². The first-order chi connectivity index (χ1) is 6.77. The van der Waals surface area contributed by atoms with Crippen LogP contribution in [-0.4, -0.2) is 16.1 Å². The van der Waals surface area contributed by atoms with E-state index >= 15 is 0 Å². The summed E-state index contributed by atoms with van der Waals surface area (Å²) in [6.07, 6.45) is 2.45. The van der Waals surface area contributed by atoms with Crippen LogP contribution in [0.2, 0.25) is 0 Å². The first-order valence-electron chi connectivity index (χ1n) is 4.87. The summed E-state index contributed by atoms with van der Waals surface area (Å²) < 4.78 is 0. The Morgan fingerprint density at radius 2 is 2.00 bits per heavy atom. The third-order valence-electron chi connectivity index (χ3n) is 2.47. The number of thiocarbonyl (C=S) groups is 1. The Labute approximate surface area is 89.7 Å². The minimum Gasteiger partial charge on any atom is -0.376 e. The Hall–Kier alpha value is -1.09. The molecule has 1 fully saturated rings. The molecule has 74 valence electrons. The third-order valence-corrected chi connectivity index (χ3v) is 2.70. The van der Waals surface area contributed by atoms with Gasteiger partial charge in [0.1, 0.15) is 0 Å². The van der Waals surface area contributed by atoms with Crippen LogP contribution in [0, 0.1) is 0 Å². The minimum absolute atomic E-state index is 0.524. The van der Waals surface area contributed by atoms with Crippen LogP contribution in [0.25, 0.3) is 0 Å². The van der Waals surface area contributed by atoms with Crippen molar-refractivity contribution >= 4 is 17.3 Å². The Morgan fingerprint density at radius 3 is 2.50 bits per heavy atom. The fourth-order valence-corrected chi connectivity index (χ4v) is 1.77. The fourth-order valence-electron chi connectivity index (χ4n) is 1.55. The summed E-state index contributed by atoms with van der Waals surface area (Å²) in [5, 5.41) is 0.524. The van der Waals surface area contributed by atoms with Gasteiger partial charge in [-0.05, 0) is 30.6 Å². The van der Waals surface area contributed by atoms with E-state index in [1.54, 1.807) is 0 Å². The summed E-state index contributed by atoms with van der Waals surface area (Å²) >= 11 is 5.04. The van der Waals surface area contributed by atoms with Gasteiger partial charge in [-0.1, -0.05) is 30.3 Å². The summed E-state index contributed by atoms with van der Waals surface area (Å²) in [6.45, 7) is 0.848. The lowest BCUT2D eigenvalue weighted by atomic mass is 10.2. The van der Waals surface area contributed by atoms with Gasteiger partial charge in [-0.15, -0.1) is 0 Å². The summed E-state index contributed by atoms with van der Waals surface area (Å²) in [5.74, 6) is 0. The quantitative estimate of drug-likeness (QED) is 0.766. The first-order valence-corrected chi connectivity index (χ1v) is 5.28. The van der Waals surface area contributed by atoms with Crippen LogP contribution in [0.1, 0.15) is 18.4 Å². The number of hydrogen-bond acceptors (Lipinski definition) is 1. The molecule has 0 atom stereocenters. The van der Waals surface area contributed by atoms with Crippen molar-refractivity contribution in [2.24, 2.45) is 5.73 Å². The smallest absolute Gasteiger partial charge is 0.166 e. The molecule has 1 aliphatic carbocycles. The maximum absolute atomic E-state index is 5.68. The van der Waals surface area contributed by atoms with Crippen molar-refractivity contribution in [2.75, 3.05) is 0 Å². The highest BCUT2D eigenvalue weighted by molar-refractivity contribution is 7.80. The predicted molar refractivity (Wildman–Crippen MR) is 61.8 cm³/mol. The molecule has 2 N–H and O–H groups in total. The van der Waals surface area contributed by atoms with Crippen molar-refractivity contribution in [1.29, 1.82) is 0 Å². The van der Waals surface area contributed by atoms with Crippen LogP contribution in [0.3, 0.4) is 0 Å². The van der Waals surface area contributed by atoms with Crippen molar-refractivity contribution in [2.45, 2.75) is 25.4 Å². The van der Waals surface area contributed by atoms with E-state index in [0.717, 1.165) is 6.54 Å². The van der Waals surface area contributed by atoms with Gasteiger partial charge in [-0.25, -0.2) is 0 Å². The zero-order valence-electron chi connectivity index (χ0n) is 8.02. The molecule has 14 heavy (non-hydrogen) atoms. The van der Waals surface area contributed by atoms with Gasteiger partial charge in [0.15, 0.2) is 5.11 Å². The molecule has 0 bridgehead atoms. The highest BCUT2D eigenvalue weighted by atomic mass is 32.1. The normalized spacial score (nSPS) is 15.1. The van der Waals surface area contributed by atoms with E-state index in [0.29, 0.717) is 11.2 Å². The summed E-state index contributed by atoms with van der Waals surface area (Å²) in [6, 6.07) is 10.9. The number of nitrogens with zero attached hydrogens (tertiary/aromatic N) is 1. The van der Waals surface area contributed by atoms with E-state index in [2.05, 4.69) is 17.0 Å².